The summed E-state index contributed by atoms with van der Waals surface area (Å²) in [6.07, 6.45) is 6.59. The van der Waals surface area contributed by atoms with Crippen LogP contribution < -0.4 is 37.1 Å². The van der Waals surface area contributed by atoms with Crippen molar-refractivity contribution in [3.8, 4) is 5.69 Å². The zero-order valence-electron chi connectivity index (χ0n) is 29.9. The lowest BCUT2D eigenvalue weighted by Crippen LogP contribution is -2.87. The Morgan fingerprint density at radius 2 is 1.26 bits per heavy atom. The molecule has 4 aliphatic rings. The molecule has 7 aromatic carbocycles. The Balaban J connectivity index is 1.07. The van der Waals surface area contributed by atoms with Crippen LogP contribution in [0.3, 0.4) is 0 Å². The Kier molecular flexibility index (Phi) is 6.43. The summed E-state index contributed by atoms with van der Waals surface area (Å²) in [6, 6.07) is 63.4. The van der Waals surface area contributed by atoms with Crippen molar-refractivity contribution in [1.29, 1.82) is 0 Å². The number of hydrogen-bond donors (Lipinski definition) is 0. The summed E-state index contributed by atoms with van der Waals surface area (Å²) >= 11 is 0. The Labute approximate surface area is 313 Å². The van der Waals surface area contributed by atoms with Crippen LogP contribution in [0.15, 0.2) is 164 Å². The van der Waals surface area contributed by atoms with Crippen LogP contribution in [0.25, 0.3) is 27.5 Å². The van der Waals surface area contributed by atoms with E-state index in [1.165, 1.54) is 90.8 Å². The molecule has 2 saturated carbocycles. The van der Waals surface area contributed by atoms with E-state index < -0.39 is 8.07 Å². The van der Waals surface area contributed by atoms with Crippen molar-refractivity contribution in [1.82, 2.24) is 4.57 Å². The molecule has 1 nitrogen and oxygen atoms in total. The third kappa shape index (κ3) is 4.09. The van der Waals surface area contributed by atoms with Gasteiger partial charge in [0.15, 0.2) is 8.07 Å². The zero-order chi connectivity index (χ0) is 34.7. The van der Waals surface area contributed by atoms with E-state index in [1.54, 1.807) is 16.2 Å². The molecule has 2 fully saturated rings. The highest BCUT2D eigenvalue weighted by Gasteiger charge is 2.51. The quantitative estimate of drug-likeness (QED) is 0.179. The number of fused-ring (bicyclic) bond motifs is 9. The molecule has 1 aromatic heterocycles. The van der Waals surface area contributed by atoms with Crippen molar-refractivity contribution < 1.29 is 0 Å². The molecule has 252 valence electrons. The lowest BCUT2D eigenvalue weighted by atomic mass is 9.33. The maximum absolute atomic E-state index is 2.59. The summed E-state index contributed by atoms with van der Waals surface area (Å²) in [5, 5.41) is 8.89. The first-order valence-corrected chi connectivity index (χ1v) is 21.8. The molecule has 0 saturated heterocycles. The molecular weight excluding hydrogens is 653 g/mol. The standard InChI is InChI=1S/C50H40BNSi/c1-3-14-38(15-4-1)53(39-16-5-2-6-17-39)47-23-10-8-20-44(47)51-43-28-27-37(32-36(43)31-35-13-11-24-48(53)50(35)51)52-45-21-9-7-18-41(45)49-40(19-12-22-46(49)52)42-30-33-25-26-34(42)29-33/h1-24,27-28,32-34,42H,25-26,29-31H2. The molecule has 2 aliphatic heterocycles. The minimum absolute atomic E-state index is 0.214. The topological polar surface area (TPSA) is 4.93 Å². The first kappa shape index (κ1) is 30.1. The van der Waals surface area contributed by atoms with Gasteiger partial charge in [-0.2, -0.15) is 0 Å². The number of nitrogens with zero attached hydrogens (tertiary/aromatic N) is 1. The zero-order valence-corrected chi connectivity index (χ0v) is 30.9. The van der Waals surface area contributed by atoms with Gasteiger partial charge in [0.05, 0.1) is 11.0 Å². The highest BCUT2D eigenvalue weighted by molar-refractivity contribution is 7.26. The summed E-state index contributed by atoms with van der Waals surface area (Å²) in [7, 11) is -2.59. The molecule has 3 heterocycles. The summed E-state index contributed by atoms with van der Waals surface area (Å²) in [6.45, 7) is 0.214. The van der Waals surface area contributed by atoms with E-state index in [9.17, 15) is 0 Å². The van der Waals surface area contributed by atoms with E-state index in [0.717, 1.165) is 18.3 Å². The Morgan fingerprint density at radius 3 is 2.06 bits per heavy atom. The smallest absolute Gasteiger partial charge is 0.241 e. The van der Waals surface area contributed by atoms with Crippen LogP contribution in [0.4, 0.5) is 0 Å². The van der Waals surface area contributed by atoms with Crippen LogP contribution in [-0.4, -0.2) is 19.4 Å². The second-order valence-corrected chi connectivity index (χ2v) is 20.0. The highest BCUT2D eigenvalue weighted by Crippen LogP contribution is 2.54. The molecule has 3 atom stereocenters. The van der Waals surface area contributed by atoms with Crippen LogP contribution in [0, 0.1) is 11.8 Å². The Bertz CT molecular complexity index is 2710. The van der Waals surface area contributed by atoms with Crippen LogP contribution in [0.1, 0.15) is 48.3 Å². The summed E-state index contributed by atoms with van der Waals surface area (Å²) < 4.78 is 2.57. The molecule has 0 amide bonds. The average molecular weight is 694 g/mol. The molecule has 0 spiro atoms. The van der Waals surface area contributed by atoms with Crippen LogP contribution in [0.5, 0.6) is 0 Å². The lowest BCUT2D eigenvalue weighted by molar-refractivity contribution is 0.422. The number of para-hydroxylation sites is 1. The van der Waals surface area contributed by atoms with E-state index in [4.69, 9.17) is 0 Å². The normalized spacial score (nSPS) is 20.4. The fourth-order valence-electron chi connectivity index (χ4n) is 11.9. The number of hydrogen-bond acceptors (Lipinski definition) is 0. The molecule has 0 radical (unpaired) electrons. The summed E-state index contributed by atoms with van der Waals surface area (Å²) in [5.41, 5.74) is 13.0. The predicted molar refractivity (Wildman–Crippen MR) is 226 cm³/mol. The average Bonchev–Trinajstić information content (AvgIpc) is 3.95. The Hall–Kier alpha value is -5.38. The third-order valence-electron chi connectivity index (χ3n) is 13.9. The van der Waals surface area contributed by atoms with Gasteiger partial charge >= 0.3 is 0 Å². The van der Waals surface area contributed by atoms with Gasteiger partial charge in [-0.3, -0.25) is 0 Å². The molecule has 53 heavy (non-hydrogen) atoms. The second kappa shape index (κ2) is 11.3. The molecule has 2 aliphatic carbocycles. The molecule has 8 aromatic rings. The highest BCUT2D eigenvalue weighted by atomic mass is 28.3. The number of benzene rings is 7. The van der Waals surface area contributed by atoms with Gasteiger partial charge in [0.1, 0.15) is 0 Å². The van der Waals surface area contributed by atoms with Crippen LogP contribution >= 0.6 is 0 Å². The minimum Gasteiger partial charge on any atom is -0.309 e. The van der Waals surface area contributed by atoms with Gasteiger partial charge in [-0.25, -0.2) is 0 Å². The summed E-state index contributed by atoms with van der Waals surface area (Å²) in [5.74, 6) is 2.47. The fourth-order valence-corrected chi connectivity index (χ4v) is 17.3. The minimum atomic E-state index is -2.59. The van der Waals surface area contributed by atoms with Crippen molar-refractivity contribution in [3.63, 3.8) is 0 Å². The van der Waals surface area contributed by atoms with Gasteiger partial charge in [0.25, 0.3) is 0 Å². The van der Waals surface area contributed by atoms with Crippen LogP contribution in [0.2, 0.25) is 0 Å². The molecule has 3 heteroatoms. The van der Waals surface area contributed by atoms with Crippen LogP contribution in [-0.2, 0) is 6.42 Å². The van der Waals surface area contributed by atoms with Crippen molar-refractivity contribution in [3.05, 3.63) is 180 Å². The third-order valence-corrected chi connectivity index (χ3v) is 18.8. The Morgan fingerprint density at radius 1 is 0.547 bits per heavy atom. The number of aromatic nitrogens is 1. The van der Waals surface area contributed by atoms with E-state index in [0.29, 0.717) is 5.92 Å². The van der Waals surface area contributed by atoms with E-state index in [1.807, 2.05) is 0 Å². The molecule has 12 rings (SSSR count). The first-order valence-electron chi connectivity index (χ1n) is 19.8. The van der Waals surface area contributed by atoms with Gasteiger partial charge in [-0.1, -0.05) is 162 Å². The second-order valence-electron chi connectivity index (χ2n) is 16.3. The van der Waals surface area contributed by atoms with Crippen molar-refractivity contribution in [2.45, 2.75) is 38.0 Å². The predicted octanol–water partition coefficient (Wildman–Crippen LogP) is 6.80. The first-order chi connectivity index (χ1) is 26.3. The monoisotopic (exact) mass is 693 g/mol. The van der Waals surface area contributed by atoms with Gasteiger partial charge in [0.2, 0.25) is 6.71 Å². The van der Waals surface area contributed by atoms with Gasteiger partial charge in [-0.05, 0) is 105 Å². The lowest BCUT2D eigenvalue weighted by Gasteiger charge is -2.45. The largest absolute Gasteiger partial charge is 0.309 e. The van der Waals surface area contributed by atoms with E-state index in [-0.39, 0.29) is 6.71 Å². The molecule has 2 bridgehead atoms. The molecule has 0 N–H and O–H groups in total. The van der Waals surface area contributed by atoms with Crippen molar-refractivity contribution in [2.75, 3.05) is 0 Å². The summed E-state index contributed by atoms with van der Waals surface area (Å²) in [4.78, 5) is 0. The van der Waals surface area contributed by atoms with E-state index in [2.05, 4.69) is 168 Å². The van der Waals surface area contributed by atoms with E-state index >= 15 is 0 Å². The van der Waals surface area contributed by atoms with Gasteiger partial charge in [-0.15, -0.1) is 0 Å². The van der Waals surface area contributed by atoms with Gasteiger partial charge < -0.3 is 4.57 Å². The maximum atomic E-state index is 2.57. The maximum Gasteiger partial charge on any atom is 0.241 e. The number of rotatable bonds is 4. The van der Waals surface area contributed by atoms with Gasteiger partial charge in [0, 0.05) is 16.5 Å². The van der Waals surface area contributed by atoms with Crippen molar-refractivity contribution in [2.24, 2.45) is 11.8 Å². The molecular formula is C50H40BNSi. The van der Waals surface area contributed by atoms with Crippen molar-refractivity contribution >= 4 is 73.7 Å². The fraction of sp³-hybridized carbons (Fsp3) is 0.160. The SMILES string of the molecule is c1ccc([Si]2(c3ccccc3)c3ccccc3B3c4ccc(-n5c6ccccc6c6c(C7CC8CCC7C8)cccc65)cc4Cc4cccc2c43)cc1. The molecule has 3 unspecified atom stereocenters.